The van der Waals surface area contributed by atoms with Crippen molar-refractivity contribution >= 4 is 17.2 Å². The Labute approximate surface area is 151 Å². The van der Waals surface area contributed by atoms with E-state index in [0.29, 0.717) is 17.5 Å². The van der Waals surface area contributed by atoms with Gasteiger partial charge in [0.25, 0.3) is 0 Å². The Morgan fingerprint density at radius 3 is 1.76 bits per heavy atom. The number of alkyl halides is 1. The average molecular weight is 346 g/mol. The Hall–Kier alpha value is -2.78. The lowest BCUT2D eigenvalue weighted by Gasteiger charge is -2.12. The molecule has 1 unspecified atom stereocenters. The highest BCUT2D eigenvalue weighted by Gasteiger charge is 2.15. The summed E-state index contributed by atoms with van der Waals surface area (Å²) in [4.78, 5) is 14.1. The monoisotopic (exact) mass is 345 g/mol. The Balaban J connectivity index is 1.88. The van der Waals surface area contributed by atoms with Crippen LogP contribution in [0, 0.1) is 0 Å². The van der Waals surface area contributed by atoms with Crippen LogP contribution in [0.3, 0.4) is 0 Å². The second kappa shape index (κ2) is 6.99. The molecule has 0 radical (unpaired) electrons. The number of halogens is 1. The molecule has 0 saturated heterocycles. The van der Waals surface area contributed by atoms with Gasteiger partial charge in [-0.05, 0) is 6.42 Å². The molecule has 1 aliphatic carbocycles. The smallest absolute Gasteiger partial charge is 0.164 e. The minimum absolute atomic E-state index is 0.0304. The van der Waals surface area contributed by atoms with Crippen molar-refractivity contribution in [2.24, 2.45) is 0 Å². The normalized spacial score (nSPS) is 16.5. The molecule has 0 fully saturated rings. The molecule has 122 valence electrons. The summed E-state index contributed by atoms with van der Waals surface area (Å²) in [6.45, 7) is 0. The fourth-order valence-corrected chi connectivity index (χ4v) is 2.97. The highest BCUT2D eigenvalue weighted by molar-refractivity contribution is 6.22. The van der Waals surface area contributed by atoms with Gasteiger partial charge in [-0.25, -0.2) is 15.0 Å². The van der Waals surface area contributed by atoms with Gasteiger partial charge in [-0.1, -0.05) is 78.9 Å². The van der Waals surface area contributed by atoms with E-state index in [0.717, 1.165) is 23.1 Å². The third-order valence-electron chi connectivity index (χ3n) is 3.98. The van der Waals surface area contributed by atoms with Crippen LogP contribution in [0.4, 0.5) is 0 Å². The number of aromatic nitrogens is 3. The summed E-state index contributed by atoms with van der Waals surface area (Å²) >= 11 is 6.28. The molecule has 4 heteroatoms. The van der Waals surface area contributed by atoms with Crippen molar-refractivity contribution in [1.82, 2.24) is 15.0 Å². The van der Waals surface area contributed by atoms with Crippen LogP contribution in [0.25, 0.3) is 28.3 Å². The van der Waals surface area contributed by atoms with Gasteiger partial charge in [0, 0.05) is 16.7 Å². The molecule has 0 amide bonds. The number of hydrogen-bond donors (Lipinski definition) is 0. The fraction of sp³-hybridized carbons (Fsp3) is 0.0952. The molecule has 4 rings (SSSR count). The zero-order valence-electron chi connectivity index (χ0n) is 13.5. The third-order valence-corrected chi connectivity index (χ3v) is 4.28. The second-order valence-corrected chi connectivity index (χ2v) is 6.37. The summed E-state index contributed by atoms with van der Waals surface area (Å²) in [5.41, 5.74) is 2.86. The Morgan fingerprint density at radius 1 is 0.720 bits per heavy atom. The van der Waals surface area contributed by atoms with Crippen LogP contribution in [-0.4, -0.2) is 20.3 Å². The Bertz CT molecular complexity index is 876. The van der Waals surface area contributed by atoms with Crippen molar-refractivity contribution in [2.75, 3.05) is 0 Å². The van der Waals surface area contributed by atoms with Crippen LogP contribution in [0.1, 0.15) is 12.2 Å². The van der Waals surface area contributed by atoms with E-state index in [1.807, 2.05) is 72.8 Å². The summed E-state index contributed by atoms with van der Waals surface area (Å²) in [5.74, 6) is 1.97. The van der Waals surface area contributed by atoms with E-state index >= 15 is 0 Å². The van der Waals surface area contributed by atoms with Gasteiger partial charge < -0.3 is 0 Å². The quantitative estimate of drug-likeness (QED) is 0.616. The van der Waals surface area contributed by atoms with Crippen molar-refractivity contribution in [3.8, 4) is 22.8 Å². The lowest BCUT2D eigenvalue weighted by atomic mass is 10.1. The van der Waals surface area contributed by atoms with Gasteiger partial charge in [-0.3, -0.25) is 0 Å². The van der Waals surface area contributed by atoms with Crippen molar-refractivity contribution in [3.05, 3.63) is 84.7 Å². The van der Waals surface area contributed by atoms with Crippen LogP contribution in [0.5, 0.6) is 0 Å². The molecular weight excluding hydrogens is 330 g/mol. The summed E-state index contributed by atoms with van der Waals surface area (Å²) in [6.07, 6.45) is 6.91. The molecule has 1 aliphatic rings. The van der Waals surface area contributed by atoms with Crippen molar-refractivity contribution < 1.29 is 0 Å². The standard InChI is InChI=1S/C21H16ClN3/c22-18-13-7-12-17(14-18)21-24-19(15-8-3-1-4-9-15)23-20(25-21)16-10-5-2-6-11-16/h1-12,14,18H,13H2. The molecule has 1 heterocycles. The molecule has 0 N–H and O–H groups in total. The van der Waals surface area contributed by atoms with Gasteiger partial charge in [0.05, 0.1) is 5.38 Å². The number of allylic oxidation sites excluding steroid dienone is 4. The maximum Gasteiger partial charge on any atom is 0.164 e. The van der Waals surface area contributed by atoms with E-state index in [9.17, 15) is 0 Å². The zero-order valence-corrected chi connectivity index (χ0v) is 14.3. The van der Waals surface area contributed by atoms with E-state index in [1.54, 1.807) is 0 Å². The van der Waals surface area contributed by atoms with Crippen molar-refractivity contribution in [3.63, 3.8) is 0 Å². The molecule has 3 nitrogen and oxygen atoms in total. The molecule has 2 aromatic carbocycles. The minimum atomic E-state index is -0.0304. The van der Waals surface area contributed by atoms with Crippen LogP contribution in [0.15, 0.2) is 78.9 Å². The number of benzene rings is 2. The molecule has 0 spiro atoms. The molecule has 0 aliphatic heterocycles. The first-order chi connectivity index (χ1) is 12.3. The van der Waals surface area contributed by atoms with Gasteiger partial charge in [-0.15, -0.1) is 11.6 Å². The highest BCUT2D eigenvalue weighted by Crippen LogP contribution is 2.26. The number of hydrogen-bond acceptors (Lipinski definition) is 3. The minimum Gasteiger partial charge on any atom is -0.208 e. The second-order valence-electron chi connectivity index (χ2n) is 5.81. The topological polar surface area (TPSA) is 38.7 Å². The first-order valence-corrected chi connectivity index (χ1v) is 8.63. The van der Waals surface area contributed by atoms with E-state index in [4.69, 9.17) is 11.6 Å². The molecule has 3 aromatic rings. The average Bonchev–Trinajstić information content (AvgIpc) is 2.69. The maximum atomic E-state index is 6.28. The van der Waals surface area contributed by atoms with E-state index in [2.05, 4.69) is 21.0 Å². The maximum absolute atomic E-state index is 6.28. The molecular formula is C21H16ClN3. The zero-order chi connectivity index (χ0) is 17.1. The predicted octanol–water partition coefficient (Wildman–Crippen LogP) is 5.16. The van der Waals surface area contributed by atoms with E-state index < -0.39 is 0 Å². The molecule has 0 saturated carbocycles. The summed E-state index contributed by atoms with van der Waals surface area (Å²) < 4.78 is 0. The lowest BCUT2D eigenvalue weighted by molar-refractivity contribution is 1.01. The van der Waals surface area contributed by atoms with E-state index in [-0.39, 0.29) is 5.38 Å². The van der Waals surface area contributed by atoms with Crippen LogP contribution >= 0.6 is 11.6 Å². The van der Waals surface area contributed by atoms with E-state index in [1.165, 1.54) is 0 Å². The lowest BCUT2D eigenvalue weighted by Crippen LogP contribution is -2.05. The highest BCUT2D eigenvalue weighted by atomic mass is 35.5. The van der Waals surface area contributed by atoms with Gasteiger partial charge >= 0.3 is 0 Å². The fourth-order valence-electron chi connectivity index (χ4n) is 2.73. The molecule has 1 aromatic heterocycles. The first kappa shape index (κ1) is 15.7. The van der Waals surface area contributed by atoms with Gasteiger partial charge in [0.15, 0.2) is 17.5 Å². The largest absolute Gasteiger partial charge is 0.208 e. The SMILES string of the molecule is ClC1C=C(c2nc(-c3ccccc3)nc(-c3ccccc3)n2)C=CC1. The summed E-state index contributed by atoms with van der Waals surface area (Å²) in [6, 6.07) is 19.9. The Kier molecular flexibility index (Phi) is 4.40. The molecule has 25 heavy (non-hydrogen) atoms. The van der Waals surface area contributed by atoms with Crippen LogP contribution in [-0.2, 0) is 0 Å². The summed E-state index contributed by atoms with van der Waals surface area (Å²) in [5, 5.41) is -0.0304. The molecule has 0 bridgehead atoms. The van der Waals surface area contributed by atoms with Gasteiger partial charge in [-0.2, -0.15) is 0 Å². The van der Waals surface area contributed by atoms with Gasteiger partial charge in [0.1, 0.15) is 0 Å². The number of rotatable bonds is 3. The number of nitrogens with zero attached hydrogens (tertiary/aromatic N) is 3. The first-order valence-electron chi connectivity index (χ1n) is 8.19. The third kappa shape index (κ3) is 3.52. The van der Waals surface area contributed by atoms with Crippen LogP contribution in [0.2, 0.25) is 0 Å². The van der Waals surface area contributed by atoms with Crippen molar-refractivity contribution in [1.29, 1.82) is 0 Å². The predicted molar refractivity (Wildman–Crippen MR) is 102 cm³/mol. The van der Waals surface area contributed by atoms with Crippen LogP contribution < -0.4 is 0 Å². The summed E-state index contributed by atoms with van der Waals surface area (Å²) in [7, 11) is 0. The van der Waals surface area contributed by atoms with Crippen molar-refractivity contribution in [2.45, 2.75) is 11.8 Å². The van der Waals surface area contributed by atoms with Gasteiger partial charge in [0.2, 0.25) is 0 Å². The Morgan fingerprint density at radius 2 is 1.24 bits per heavy atom. The molecule has 1 atom stereocenters.